The normalized spacial score (nSPS) is 11.1. The monoisotopic (exact) mass is 248 g/mol. The molecule has 0 radical (unpaired) electrons. The van der Waals surface area contributed by atoms with Crippen LogP contribution < -0.4 is 0 Å². The fourth-order valence-corrected chi connectivity index (χ4v) is 2.35. The number of fused-ring (bicyclic) bond motifs is 1. The molecule has 2 aromatic carbocycles. The Balaban J connectivity index is 2.18. The summed E-state index contributed by atoms with van der Waals surface area (Å²) in [6.07, 6.45) is 1.66. The maximum Gasteiger partial charge on any atom is 0.116 e. The molecule has 0 aliphatic heterocycles. The summed E-state index contributed by atoms with van der Waals surface area (Å²) in [5.41, 5.74) is 4.54. The SMILES string of the molecule is CC(C)c1ncnc2cc(-c3ccccc3)ccc12. The van der Waals surface area contributed by atoms with Gasteiger partial charge in [0.05, 0.1) is 11.2 Å². The van der Waals surface area contributed by atoms with Gasteiger partial charge in [-0.2, -0.15) is 0 Å². The summed E-state index contributed by atoms with van der Waals surface area (Å²) < 4.78 is 0. The first-order chi connectivity index (χ1) is 9.25. The first-order valence-electron chi connectivity index (χ1n) is 6.56. The predicted molar refractivity (Wildman–Crippen MR) is 79.1 cm³/mol. The molecule has 1 aromatic heterocycles. The zero-order valence-electron chi connectivity index (χ0n) is 11.2. The van der Waals surface area contributed by atoms with Crippen molar-refractivity contribution in [3.8, 4) is 11.1 Å². The van der Waals surface area contributed by atoms with Crippen molar-refractivity contribution in [1.82, 2.24) is 9.97 Å². The lowest BCUT2D eigenvalue weighted by atomic mass is 10.0. The number of benzene rings is 2. The second kappa shape index (κ2) is 4.81. The van der Waals surface area contributed by atoms with Crippen molar-refractivity contribution >= 4 is 10.9 Å². The molecule has 0 saturated carbocycles. The predicted octanol–water partition coefficient (Wildman–Crippen LogP) is 4.42. The van der Waals surface area contributed by atoms with Gasteiger partial charge in [0.25, 0.3) is 0 Å². The Morgan fingerprint density at radius 1 is 0.842 bits per heavy atom. The average molecular weight is 248 g/mol. The highest BCUT2D eigenvalue weighted by molar-refractivity contribution is 5.86. The third kappa shape index (κ3) is 2.22. The Morgan fingerprint density at radius 3 is 2.37 bits per heavy atom. The summed E-state index contributed by atoms with van der Waals surface area (Å²) in [5, 5.41) is 1.15. The van der Waals surface area contributed by atoms with Crippen molar-refractivity contribution in [3.63, 3.8) is 0 Å². The van der Waals surface area contributed by atoms with Crippen LogP contribution in [-0.2, 0) is 0 Å². The largest absolute Gasteiger partial charge is 0.240 e. The van der Waals surface area contributed by atoms with Gasteiger partial charge in [0.2, 0.25) is 0 Å². The van der Waals surface area contributed by atoms with E-state index in [0.717, 1.165) is 16.6 Å². The van der Waals surface area contributed by atoms with E-state index in [4.69, 9.17) is 0 Å². The van der Waals surface area contributed by atoms with Crippen molar-refractivity contribution in [2.75, 3.05) is 0 Å². The average Bonchev–Trinajstić information content (AvgIpc) is 2.47. The lowest BCUT2D eigenvalue weighted by Crippen LogP contribution is -1.95. The topological polar surface area (TPSA) is 25.8 Å². The van der Waals surface area contributed by atoms with E-state index >= 15 is 0 Å². The van der Waals surface area contributed by atoms with Gasteiger partial charge in [-0.15, -0.1) is 0 Å². The minimum Gasteiger partial charge on any atom is -0.240 e. The summed E-state index contributed by atoms with van der Waals surface area (Å²) in [6.45, 7) is 4.32. The molecule has 1 heterocycles. The van der Waals surface area contributed by atoms with Gasteiger partial charge in [-0.05, 0) is 23.1 Å². The third-order valence-electron chi connectivity index (χ3n) is 3.32. The fraction of sp³-hybridized carbons (Fsp3) is 0.176. The Morgan fingerprint density at radius 2 is 1.63 bits per heavy atom. The third-order valence-corrected chi connectivity index (χ3v) is 3.32. The fourth-order valence-electron chi connectivity index (χ4n) is 2.35. The van der Waals surface area contributed by atoms with Gasteiger partial charge < -0.3 is 0 Å². The molecule has 0 spiro atoms. The van der Waals surface area contributed by atoms with Crippen molar-refractivity contribution in [3.05, 3.63) is 60.6 Å². The van der Waals surface area contributed by atoms with Crippen LogP contribution in [0, 0.1) is 0 Å². The number of hydrogen-bond acceptors (Lipinski definition) is 2. The van der Waals surface area contributed by atoms with E-state index in [1.54, 1.807) is 6.33 Å². The van der Waals surface area contributed by atoms with E-state index in [0.29, 0.717) is 5.92 Å². The molecule has 0 aliphatic carbocycles. The van der Waals surface area contributed by atoms with Crippen LogP contribution in [0.25, 0.3) is 22.0 Å². The quantitative estimate of drug-likeness (QED) is 0.671. The highest BCUT2D eigenvalue weighted by Crippen LogP contribution is 2.26. The van der Waals surface area contributed by atoms with Crippen LogP contribution in [0.4, 0.5) is 0 Å². The standard InChI is InChI=1S/C17H16N2/c1-12(2)17-15-9-8-14(10-16(15)18-11-19-17)13-6-4-3-5-7-13/h3-12H,1-2H3. The Hall–Kier alpha value is -2.22. The Bertz CT molecular complexity index is 703. The van der Waals surface area contributed by atoms with Crippen molar-refractivity contribution in [1.29, 1.82) is 0 Å². The van der Waals surface area contributed by atoms with E-state index in [1.807, 2.05) is 6.07 Å². The van der Waals surface area contributed by atoms with Crippen LogP contribution in [0.1, 0.15) is 25.5 Å². The first-order valence-corrected chi connectivity index (χ1v) is 6.56. The molecule has 0 unspecified atom stereocenters. The van der Waals surface area contributed by atoms with E-state index in [9.17, 15) is 0 Å². The molecular weight excluding hydrogens is 232 g/mol. The Labute approximate surface area is 113 Å². The summed E-state index contributed by atoms with van der Waals surface area (Å²) in [4.78, 5) is 8.80. The van der Waals surface area contributed by atoms with Gasteiger partial charge in [-0.1, -0.05) is 56.3 Å². The lowest BCUT2D eigenvalue weighted by Gasteiger charge is -2.09. The van der Waals surface area contributed by atoms with E-state index in [2.05, 4.69) is 66.3 Å². The van der Waals surface area contributed by atoms with Crippen LogP contribution in [-0.4, -0.2) is 9.97 Å². The van der Waals surface area contributed by atoms with Crippen molar-refractivity contribution in [2.24, 2.45) is 0 Å². The van der Waals surface area contributed by atoms with E-state index in [-0.39, 0.29) is 0 Å². The molecule has 0 aliphatic rings. The van der Waals surface area contributed by atoms with Crippen molar-refractivity contribution < 1.29 is 0 Å². The summed E-state index contributed by atoms with van der Waals surface area (Å²) in [7, 11) is 0. The highest BCUT2D eigenvalue weighted by atomic mass is 14.8. The minimum atomic E-state index is 0.410. The summed E-state index contributed by atoms with van der Waals surface area (Å²) in [5.74, 6) is 0.410. The molecule has 3 aromatic rings. The Kier molecular flexibility index (Phi) is 3.00. The van der Waals surface area contributed by atoms with Crippen LogP contribution in [0.15, 0.2) is 54.9 Å². The van der Waals surface area contributed by atoms with Gasteiger partial charge in [-0.25, -0.2) is 9.97 Å². The molecule has 94 valence electrons. The second-order valence-corrected chi connectivity index (χ2v) is 5.01. The summed E-state index contributed by atoms with van der Waals surface area (Å²) >= 11 is 0. The van der Waals surface area contributed by atoms with Gasteiger partial charge in [0.1, 0.15) is 6.33 Å². The number of rotatable bonds is 2. The van der Waals surface area contributed by atoms with Crippen LogP contribution in [0.5, 0.6) is 0 Å². The van der Waals surface area contributed by atoms with E-state index < -0.39 is 0 Å². The molecule has 19 heavy (non-hydrogen) atoms. The maximum atomic E-state index is 4.40. The minimum absolute atomic E-state index is 0.410. The van der Waals surface area contributed by atoms with Gasteiger partial charge in [-0.3, -0.25) is 0 Å². The zero-order chi connectivity index (χ0) is 13.2. The van der Waals surface area contributed by atoms with Crippen LogP contribution >= 0.6 is 0 Å². The van der Waals surface area contributed by atoms with Crippen LogP contribution in [0.2, 0.25) is 0 Å². The van der Waals surface area contributed by atoms with Gasteiger partial charge in [0.15, 0.2) is 0 Å². The zero-order valence-corrected chi connectivity index (χ0v) is 11.2. The van der Waals surface area contributed by atoms with Crippen molar-refractivity contribution in [2.45, 2.75) is 19.8 Å². The second-order valence-electron chi connectivity index (χ2n) is 5.01. The lowest BCUT2D eigenvalue weighted by molar-refractivity contribution is 0.828. The number of hydrogen-bond donors (Lipinski definition) is 0. The molecular formula is C17H16N2. The van der Waals surface area contributed by atoms with Gasteiger partial charge in [0, 0.05) is 5.39 Å². The smallest absolute Gasteiger partial charge is 0.116 e. The highest BCUT2D eigenvalue weighted by Gasteiger charge is 2.08. The number of nitrogens with zero attached hydrogens (tertiary/aromatic N) is 2. The van der Waals surface area contributed by atoms with Crippen LogP contribution in [0.3, 0.4) is 0 Å². The first kappa shape index (κ1) is 11.8. The molecule has 0 amide bonds. The van der Waals surface area contributed by atoms with E-state index in [1.165, 1.54) is 11.1 Å². The summed E-state index contributed by atoms with van der Waals surface area (Å²) in [6, 6.07) is 16.8. The number of aromatic nitrogens is 2. The molecule has 0 saturated heterocycles. The molecule has 3 rings (SSSR count). The molecule has 0 atom stereocenters. The molecule has 2 nitrogen and oxygen atoms in total. The molecule has 0 fully saturated rings. The maximum absolute atomic E-state index is 4.40. The van der Waals surface area contributed by atoms with Gasteiger partial charge >= 0.3 is 0 Å². The molecule has 2 heteroatoms. The molecule has 0 bridgehead atoms. The molecule has 0 N–H and O–H groups in total.